The molecule has 1 aliphatic heterocycles. The van der Waals surface area contributed by atoms with Gasteiger partial charge in [0.25, 0.3) is 0 Å². The molecule has 0 saturated carbocycles. The van der Waals surface area contributed by atoms with Crippen molar-refractivity contribution in [1.29, 1.82) is 0 Å². The Balaban J connectivity index is 1.32. The minimum absolute atomic E-state index is 0.0269. The minimum atomic E-state index is -1.18. The summed E-state index contributed by atoms with van der Waals surface area (Å²) in [5.74, 6) is -0.623. The van der Waals surface area contributed by atoms with E-state index in [0.29, 0.717) is 30.7 Å². The topological polar surface area (TPSA) is 62.7 Å². The molecule has 3 atom stereocenters. The van der Waals surface area contributed by atoms with Crippen molar-refractivity contribution in [3.8, 4) is 5.75 Å². The smallest absolute Gasteiger partial charge is 0.308 e. The van der Waals surface area contributed by atoms with Crippen LogP contribution in [0.4, 0.5) is 4.39 Å². The predicted octanol–water partition coefficient (Wildman–Crippen LogP) is 6.34. The number of carbonyl (C=O) groups is 1. The number of nitrogens with zero attached hydrogens (tertiary/aromatic N) is 2. The number of carboxylic acids is 1. The number of alkyl halides is 1. The number of methoxy groups -OCH3 is 1. The van der Waals surface area contributed by atoms with Gasteiger partial charge in [0.15, 0.2) is 0 Å². The molecule has 0 amide bonds. The Morgan fingerprint density at radius 3 is 2.80 bits per heavy atom. The summed E-state index contributed by atoms with van der Waals surface area (Å²) in [5, 5.41) is 11.4. The fourth-order valence-corrected chi connectivity index (χ4v) is 5.24. The number of piperidine rings is 1. The number of pyridine rings is 1. The maximum atomic E-state index is 15.4. The highest BCUT2D eigenvalue weighted by Gasteiger charge is 2.34. The molecule has 1 saturated heterocycles. The van der Waals surface area contributed by atoms with Crippen LogP contribution in [0, 0.1) is 11.8 Å². The number of fused-ring (bicyclic) bond motifs is 1. The lowest BCUT2D eigenvalue weighted by Crippen LogP contribution is -2.44. The number of hydrogen-bond donors (Lipinski definition) is 1. The molecule has 1 fully saturated rings. The van der Waals surface area contributed by atoms with Crippen molar-refractivity contribution in [3.05, 3.63) is 70.9 Å². The molecule has 0 spiro atoms. The lowest BCUT2D eigenvalue weighted by molar-refractivity contribution is -0.146. The quantitative estimate of drug-likeness (QED) is 0.353. The van der Waals surface area contributed by atoms with Crippen LogP contribution < -0.4 is 4.74 Å². The van der Waals surface area contributed by atoms with Gasteiger partial charge in [-0.25, -0.2) is 4.39 Å². The third kappa shape index (κ3) is 6.50. The summed E-state index contributed by atoms with van der Waals surface area (Å²) in [6.45, 7) is 2.23. The molecule has 186 valence electrons. The van der Waals surface area contributed by atoms with E-state index in [1.54, 1.807) is 19.4 Å². The van der Waals surface area contributed by atoms with Crippen molar-refractivity contribution in [2.45, 2.75) is 38.3 Å². The third-order valence-electron chi connectivity index (χ3n) is 7.12. The predicted molar refractivity (Wildman–Crippen MR) is 137 cm³/mol. The monoisotopic (exact) mass is 498 g/mol. The van der Waals surface area contributed by atoms with Gasteiger partial charge in [-0.2, -0.15) is 0 Å². The van der Waals surface area contributed by atoms with Crippen molar-refractivity contribution in [3.63, 3.8) is 0 Å². The van der Waals surface area contributed by atoms with Crippen LogP contribution in [0.25, 0.3) is 10.9 Å². The highest BCUT2D eigenvalue weighted by Crippen LogP contribution is 2.35. The zero-order chi connectivity index (χ0) is 24.8. The molecule has 1 unspecified atom stereocenters. The zero-order valence-electron chi connectivity index (χ0n) is 20.0. The first-order chi connectivity index (χ1) is 16.9. The summed E-state index contributed by atoms with van der Waals surface area (Å²) in [4.78, 5) is 18.6. The van der Waals surface area contributed by atoms with Crippen LogP contribution in [-0.2, 0) is 11.2 Å². The first kappa shape index (κ1) is 25.4. The minimum Gasteiger partial charge on any atom is -0.497 e. The van der Waals surface area contributed by atoms with E-state index >= 15 is 4.39 Å². The van der Waals surface area contributed by atoms with Gasteiger partial charge in [-0.1, -0.05) is 23.7 Å². The molecular weight excluding hydrogens is 467 g/mol. The maximum absolute atomic E-state index is 15.4. The van der Waals surface area contributed by atoms with Gasteiger partial charge in [0.1, 0.15) is 11.9 Å². The molecule has 1 aromatic heterocycles. The number of ether oxygens (including phenoxy) is 1. The van der Waals surface area contributed by atoms with E-state index in [0.717, 1.165) is 48.3 Å². The van der Waals surface area contributed by atoms with E-state index in [1.165, 1.54) is 5.56 Å². The fourth-order valence-electron chi connectivity index (χ4n) is 5.12. The van der Waals surface area contributed by atoms with Crippen molar-refractivity contribution in [2.75, 3.05) is 26.7 Å². The normalized spacial score (nSPS) is 19.5. The number of aromatic nitrogens is 1. The fraction of sp³-hybridized carbons (Fsp3) is 0.429. The van der Waals surface area contributed by atoms with Gasteiger partial charge in [-0.15, -0.1) is 0 Å². The van der Waals surface area contributed by atoms with Gasteiger partial charge < -0.3 is 14.7 Å². The van der Waals surface area contributed by atoms with Crippen LogP contribution in [0.15, 0.2) is 54.7 Å². The van der Waals surface area contributed by atoms with Gasteiger partial charge in [0.2, 0.25) is 0 Å². The Labute approximate surface area is 210 Å². The van der Waals surface area contributed by atoms with Crippen molar-refractivity contribution in [1.82, 2.24) is 9.88 Å². The molecule has 4 rings (SSSR count). The lowest BCUT2D eigenvalue weighted by Gasteiger charge is -2.37. The number of carboxylic acid groups (broad SMARTS) is 1. The van der Waals surface area contributed by atoms with Crippen LogP contribution in [0.5, 0.6) is 5.75 Å². The van der Waals surface area contributed by atoms with E-state index < -0.39 is 18.1 Å². The Morgan fingerprint density at radius 1 is 1.26 bits per heavy atom. The van der Waals surface area contributed by atoms with E-state index in [-0.39, 0.29) is 5.92 Å². The Hall–Kier alpha value is -2.70. The number of halogens is 2. The summed E-state index contributed by atoms with van der Waals surface area (Å²) in [7, 11) is 1.58. The number of hydrogen-bond acceptors (Lipinski definition) is 4. The first-order valence-electron chi connectivity index (χ1n) is 12.2. The van der Waals surface area contributed by atoms with Crippen molar-refractivity contribution >= 4 is 28.5 Å². The van der Waals surface area contributed by atoms with Crippen LogP contribution in [0.2, 0.25) is 5.02 Å². The molecule has 0 aliphatic carbocycles. The number of benzene rings is 2. The summed E-state index contributed by atoms with van der Waals surface area (Å²) in [5.41, 5.74) is 2.54. The molecule has 3 aromatic rings. The van der Waals surface area contributed by atoms with E-state index in [1.807, 2.05) is 42.5 Å². The SMILES string of the molecule is COc1ccc2nccc(C(F)CC[C@@H]3CCN(CCCc4ccc(Cl)cc4)C[C@@H]3C(=O)O)c2c1. The largest absolute Gasteiger partial charge is 0.497 e. The molecule has 5 nitrogen and oxygen atoms in total. The highest BCUT2D eigenvalue weighted by molar-refractivity contribution is 6.30. The van der Waals surface area contributed by atoms with Crippen LogP contribution in [-0.4, -0.2) is 47.7 Å². The summed E-state index contributed by atoms with van der Waals surface area (Å²) in [6.07, 6.45) is 3.95. The first-order valence-corrected chi connectivity index (χ1v) is 12.6. The molecule has 2 heterocycles. The standard InChI is InChI=1S/C28H32ClFN2O3/c1-35-22-9-11-27-24(17-22)23(12-14-31-27)26(30)10-6-20-13-16-32(18-25(20)28(33)34)15-2-3-19-4-7-21(29)8-5-19/h4-5,7-9,11-12,14,17,20,25-26H,2-3,6,10,13,15-16,18H2,1H3,(H,33,34)/t20-,25+,26?/m1/s1. The van der Waals surface area contributed by atoms with E-state index in [4.69, 9.17) is 16.3 Å². The third-order valence-corrected chi connectivity index (χ3v) is 7.37. The van der Waals surface area contributed by atoms with Gasteiger partial charge in [-0.05, 0) is 98.6 Å². The Morgan fingerprint density at radius 2 is 2.06 bits per heavy atom. The average Bonchev–Trinajstić information content (AvgIpc) is 2.88. The molecule has 0 radical (unpaired) electrons. The maximum Gasteiger partial charge on any atom is 0.308 e. The van der Waals surface area contributed by atoms with Gasteiger partial charge in [0.05, 0.1) is 18.5 Å². The second kappa shape index (κ2) is 11.8. The number of aryl methyl sites for hydroxylation is 1. The molecule has 7 heteroatoms. The van der Waals surface area contributed by atoms with Crippen molar-refractivity contribution in [2.24, 2.45) is 11.8 Å². The molecule has 2 aromatic carbocycles. The van der Waals surface area contributed by atoms with Gasteiger partial charge in [-0.3, -0.25) is 9.78 Å². The Kier molecular flexibility index (Phi) is 8.58. The van der Waals surface area contributed by atoms with Gasteiger partial charge in [0, 0.05) is 23.2 Å². The van der Waals surface area contributed by atoms with Crippen LogP contribution in [0.3, 0.4) is 0 Å². The summed E-state index contributed by atoms with van der Waals surface area (Å²) < 4.78 is 20.7. The van der Waals surface area contributed by atoms with Crippen LogP contribution >= 0.6 is 11.6 Å². The number of aliphatic carboxylic acids is 1. The van der Waals surface area contributed by atoms with E-state index in [9.17, 15) is 9.90 Å². The second-order valence-corrected chi connectivity index (χ2v) is 9.79. The molecular formula is C28H32ClFN2O3. The summed E-state index contributed by atoms with van der Waals surface area (Å²) >= 11 is 5.95. The van der Waals surface area contributed by atoms with Crippen molar-refractivity contribution < 1.29 is 19.0 Å². The average molecular weight is 499 g/mol. The van der Waals surface area contributed by atoms with Gasteiger partial charge >= 0.3 is 5.97 Å². The molecule has 1 N–H and O–H groups in total. The Bertz CT molecular complexity index is 1140. The van der Waals surface area contributed by atoms with E-state index in [2.05, 4.69) is 9.88 Å². The number of rotatable bonds is 10. The lowest BCUT2D eigenvalue weighted by atomic mass is 9.81. The summed E-state index contributed by atoms with van der Waals surface area (Å²) in [6, 6.07) is 15.0. The zero-order valence-corrected chi connectivity index (χ0v) is 20.8. The second-order valence-electron chi connectivity index (χ2n) is 9.35. The molecule has 35 heavy (non-hydrogen) atoms. The highest BCUT2D eigenvalue weighted by atomic mass is 35.5. The molecule has 0 bridgehead atoms. The molecule has 1 aliphatic rings. The van der Waals surface area contributed by atoms with Crippen LogP contribution in [0.1, 0.15) is 43.0 Å². The number of likely N-dealkylation sites (tertiary alicyclic amines) is 1.